The van der Waals surface area contributed by atoms with E-state index in [4.69, 9.17) is 26.7 Å². The zero-order valence-corrected chi connectivity index (χ0v) is 19.4. The molecule has 0 aliphatic carbocycles. The molecule has 0 spiro atoms. The number of ether oxygens (including phenoxy) is 1. The van der Waals surface area contributed by atoms with Gasteiger partial charge in [-0.25, -0.2) is 4.98 Å². The summed E-state index contributed by atoms with van der Waals surface area (Å²) < 4.78 is 8.89. The van der Waals surface area contributed by atoms with Crippen LogP contribution in [-0.4, -0.2) is 32.6 Å². The van der Waals surface area contributed by atoms with Gasteiger partial charge >= 0.3 is 0 Å². The van der Waals surface area contributed by atoms with Crippen LogP contribution >= 0.6 is 11.6 Å². The number of pyridine rings is 2. The van der Waals surface area contributed by atoms with Crippen molar-refractivity contribution in [2.45, 2.75) is 39.0 Å². The molecule has 9 heteroatoms. The number of carbonyl (C=O) groups excluding carboxylic acids is 1. The highest BCUT2D eigenvalue weighted by Gasteiger charge is 2.22. The highest BCUT2D eigenvalue weighted by molar-refractivity contribution is 6.31. The Hall–Kier alpha value is -3.49. The Morgan fingerprint density at radius 1 is 1.26 bits per heavy atom. The van der Waals surface area contributed by atoms with Crippen LogP contribution in [0, 0.1) is 12.3 Å². The maximum Gasteiger partial charge on any atom is 0.267 e. The first-order chi connectivity index (χ1) is 16.4. The Kier molecular flexibility index (Phi) is 5.93. The van der Waals surface area contributed by atoms with Gasteiger partial charge in [-0.2, -0.15) is 0 Å². The molecule has 1 fully saturated rings. The number of aryl methyl sites for hydroxylation is 1. The van der Waals surface area contributed by atoms with Gasteiger partial charge in [0, 0.05) is 24.4 Å². The Morgan fingerprint density at radius 2 is 2.09 bits per heavy atom. The summed E-state index contributed by atoms with van der Waals surface area (Å²) >= 11 is 6.21. The van der Waals surface area contributed by atoms with Gasteiger partial charge in [0.1, 0.15) is 16.8 Å². The molecule has 3 aromatic heterocycles. The van der Waals surface area contributed by atoms with Gasteiger partial charge in [0.2, 0.25) is 0 Å². The predicted octanol–water partition coefficient (Wildman–Crippen LogP) is 3.20. The second-order valence-electron chi connectivity index (χ2n) is 8.47. The Labute approximate surface area is 200 Å². The molecule has 1 atom stereocenters. The summed E-state index contributed by atoms with van der Waals surface area (Å²) in [6.45, 7) is 3.09. The standard InChI is InChI=1S/C25H24ClN5O3/c1-15-6-4-10-30-22(15)29-23-19(25(30)33)12-18(21(27)31(23)14-17-8-5-11-34-17)24(32)28-13-16-7-2-3-9-20(16)26/h2-4,6-7,9-10,12,17,27H,5,8,11,13-14H2,1H3,(H,28,32)/t17-/m0/s1. The van der Waals surface area contributed by atoms with E-state index in [1.54, 1.807) is 22.9 Å². The van der Waals surface area contributed by atoms with Crippen LogP contribution in [0.15, 0.2) is 53.5 Å². The molecule has 0 unspecified atom stereocenters. The van der Waals surface area contributed by atoms with Crippen molar-refractivity contribution >= 4 is 34.2 Å². The van der Waals surface area contributed by atoms with E-state index in [1.165, 1.54) is 10.5 Å². The lowest BCUT2D eigenvalue weighted by atomic mass is 10.1. The van der Waals surface area contributed by atoms with Gasteiger partial charge < -0.3 is 14.6 Å². The molecule has 5 rings (SSSR count). The van der Waals surface area contributed by atoms with E-state index in [9.17, 15) is 9.59 Å². The molecule has 1 aliphatic rings. The number of carbonyl (C=O) groups is 1. The van der Waals surface area contributed by atoms with Crippen molar-refractivity contribution in [2.24, 2.45) is 0 Å². The fourth-order valence-corrected chi connectivity index (χ4v) is 4.55. The van der Waals surface area contributed by atoms with Gasteiger partial charge in [0.25, 0.3) is 11.5 Å². The molecule has 0 saturated carbocycles. The van der Waals surface area contributed by atoms with Crippen LogP contribution in [0.5, 0.6) is 0 Å². The van der Waals surface area contributed by atoms with E-state index >= 15 is 0 Å². The van der Waals surface area contributed by atoms with Crippen LogP contribution in [0.25, 0.3) is 16.7 Å². The van der Waals surface area contributed by atoms with E-state index in [-0.39, 0.29) is 34.6 Å². The third kappa shape index (κ3) is 3.99. The van der Waals surface area contributed by atoms with Gasteiger partial charge in [-0.1, -0.05) is 35.9 Å². The number of benzene rings is 1. The van der Waals surface area contributed by atoms with Crippen LogP contribution in [0.1, 0.15) is 34.3 Å². The molecule has 0 radical (unpaired) electrons. The summed E-state index contributed by atoms with van der Waals surface area (Å²) in [6.07, 6.45) is 3.35. The van der Waals surface area contributed by atoms with E-state index in [1.807, 2.05) is 31.2 Å². The smallest absolute Gasteiger partial charge is 0.267 e. The SMILES string of the molecule is Cc1cccn2c(=O)c3cc(C(=O)NCc4ccccc4Cl)c(=N)n(C[C@@H]4CCCO4)c3nc12. The van der Waals surface area contributed by atoms with E-state index < -0.39 is 5.91 Å². The minimum absolute atomic E-state index is 0.00973. The minimum Gasteiger partial charge on any atom is -0.376 e. The maximum atomic E-state index is 13.4. The first kappa shape index (κ1) is 22.3. The second kappa shape index (κ2) is 9.04. The van der Waals surface area contributed by atoms with E-state index in [0.29, 0.717) is 29.5 Å². The third-order valence-electron chi connectivity index (χ3n) is 6.19. The van der Waals surface area contributed by atoms with Crippen LogP contribution in [-0.2, 0) is 17.8 Å². The van der Waals surface area contributed by atoms with Crippen molar-refractivity contribution in [1.29, 1.82) is 5.41 Å². The molecule has 1 aromatic carbocycles. The number of nitrogens with zero attached hydrogens (tertiary/aromatic N) is 3. The first-order valence-corrected chi connectivity index (χ1v) is 11.5. The normalized spacial score (nSPS) is 15.8. The van der Waals surface area contributed by atoms with Crippen molar-refractivity contribution in [1.82, 2.24) is 19.3 Å². The van der Waals surface area contributed by atoms with Gasteiger partial charge in [-0.3, -0.25) is 19.4 Å². The van der Waals surface area contributed by atoms with Gasteiger partial charge in [0.05, 0.1) is 23.6 Å². The van der Waals surface area contributed by atoms with Crippen molar-refractivity contribution in [2.75, 3.05) is 6.61 Å². The number of nitrogens with one attached hydrogen (secondary N) is 2. The molecule has 2 N–H and O–H groups in total. The summed E-state index contributed by atoms with van der Waals surface area (Å²) in [5.74, 6) is -0.457. The topological polar surface area (TPSA) is 101 Å². The first-order valence-electron chi connectivity index (χ1n) is 11.2. The number of hydrogen-bond acceptors (Lipinski definition) is 5. The summed E-state index contributed by atoms with van der Waals surface area (Å²) in [5.41, 5.74) is 2.32. The fourth-order valence-electron chi connectivity index (χ4n) is 4.35. The quantitative estimate of drug-likeness (QED) is 0.431. The van der Waals surface area contributed by atoms with Gasteiger partial charge in [-0.05, 0) is 49.1 Å². The monoisotopic (exact) mass is 477 g/mol. The van der Waals surface area contributed by atoms with Crippen molar-refractivity contribution < 1.29 is 9.53 Å². The molecule has 174 valence electrons. The summed E-state index contributed by atoms with van der Waals surface area (Å²) in [6, 6.07) is 12.4. The number of aromatic nitrogens is 3. The summed E-state index contributed by atoms with van der Waals surface area (Å²) in [7, 11) is 0. The highest BCUT2D eigenvalue weighted by atomic mass is 35.5. The lowest BCUT2D eigenvalue weighted by molar-refractivity contribution is 0.0931. The van der Waals surface area contributed by atoms with Crippen molar-refractivity contribution in [3.8, 4) is 0 Å². The lowest BCUT2D eigenvalue weighted by Crippen LogP contribution is -2.36. The zero-order valence-electron chi connectivity index (χ0n) is 18.7. The zero-order chi connectivity index (χ0) is 23.8. The molecule has 4 aromatic rings. The summed E-state index contributed by atoms with van der Waals surface area (Å²) in [4.78, 5) is 31.3. The third-order valence-corrected chi connectivity index (χ3v) is 6.55. The summed E-state index contributed by atoms with van der Waals surface area (Å²) in [5, 5.41) is 12.5. The average Bonchev–Trinajstić information content (AvgIpc) is 3.34. The number of hydrogen-bond donors (Lipinski definition) is 2. The van der Waals surface area contributed by atoms with Crippen LogP contribution in [0.2, 0.25) is 5.02 Å². The van der Waals surface area contributed by atoms with Crippen LogP contribution in [0.3, 0.4) is 0 Å². The van der Waals surface area contributed by atoms with E-state index in [2.05, 4.69) is 5.32 Å². The molecule has 1 aliphatic heterocycles. The van der Waals surface area contributed by atoms with Gasteiger partial charge in [-0.15, -0.1) is 0 Å². The molecule has 8 nitrogen and oxygen atoms in total. The Bertz CT molecular complexity index is 1540. The molecule has 1 saturated heterocycles. The Balaban J connectivity index is 1.65. The molecular formula is C25H24ClN5O3. The molecule has 1 amide bonds. The predicted molar refractivity (Wildman–Crippen MR) is 129 cm³/mol. The van der Waals surface area contributed by atoms with Crippen LogP contribution in [0.4, 0.5) is 0 Å². The number of rotatable bonds is 5. The number of halogens is 1. The highest BCUT2D eigenvalue weighted by Crippen LogP contribution is 2.18. The van der Waals surface area contributed by atoms with Crippen molar-refractivity contribution in [3.63, 3.8) is 0 Å². The Morgan fingerprint density at radius 3 is 2.85 bits per heavy atom. The number of fused-ring (bicyclic) bond motifs is 2. The molecule has 4 heterocycles. The second-order valence-corrected chi connectivity index (χ2v) is 8.87. The van der Waals surface area contributed by atoms with Gasteiger partial charge in [0.15, 0.2) is 0 Å². The number of amides is 1. The molecule has 0 bridgehead atoms. The minimum atomic E-state index is -0.457. The largest absolute Gasteiger partial charge is 0.376 e. The van der Waals surface area contributed by atoms with Crippen molar-refractivity contribution in [3.05, 3.63) is 86.2 Å². The molecule has 34 heavy (non-hydrogen) atoms. The van der Waals surface area contributed by atoms with E-state index in [0.717, 1.165) is 24.0 Å². The molecular weight excluding hydrogens is 454 g/mol. The maximum absolute atomic E-state index is 13.4. The van der Waals surface area contributed by atoms with Crippen LogP contribution < -0.4 is 16.4 Å². The fraction of sp³-hybridized carbons (Fsp3) is 0.280. The average molecular weight is 478 g/mol. The lowest BCUT2D eigenvalue weighted by Gasteiger charge is -2.18.